The number of benzene rings is 1. The lowest BCUT2D eigenvalue weighted by molar-refractivity contribution is 0.231. The summed E-state index contributed by atoms with van der Waals surface area (Å²) in [5.74, 6) is 0.0463. The average Bonchev–Trinajstić information content (AvgIpc) is 3.16. The van der Waals surface area contributed by atoms with E-state index in [9.17, 15) is 8.42 Å². The minimum atomic E-state index is -3.25. The second kappa shape index (κ2) is 7.77. The summed E-state index contributed by atoms with van der Waals surface area (Å²) < 4.78 is 26.7. The summed E-state index contributed by atoms with van der Waals surface area (Å²) in [6.45, 7) is 4.56. The van der Waals surface area contributed by atoms with Gasteiger partial charge < -0.3 is 5.32 Å². The van der Waals surface area contributed by atoms with Crippen molar-refractivity contribution < 1.29 is 8.42 Å². The molecule has 1 atom stereocenters. The molecule has 1 unspecified atom stereocenters. The van der Waals surface area contributed by atoms with Crippen molar-refractivity contribution in [1.29, 1.82) is 0 Å². The first-order chi connectivity index (χ1) is 11.9. The molecule has 0 heterocycles. The van der Waals surface area contributed by atoms with Crippen LogP contribution in [0.5, 0.6) is 0 Å². The molecule has 4 nitrogen and oxygen atoms in total. The summed E-state index contributed by atoms with van der Waals surface area (Å²) in [6, 6.07) is 8.59. The second-order valence-electron chi connectivity index (χ2n) is 8.24. The number of rotatable bonds is 7. The molecule has 0 saturated heterocycles. The van der Waals surface area contributed by atoms with Crippen molar-refractivity contribution in [2.45, 2.75) is 83.2 Å². The molecule has 0 aliphatic heterocycles. The fourth-order valence-electron chi connectivity index (χ4n) is 4.75. The van der Waals surface area contributed by atoms with E-state index in [0.717, 1.165) is 12.1 Å². The molecular formula is C20H32N2O2S. The van der Waals surface area contributed by atoms with Gasteiger partial charge in [-0.2, -0.15) is 0 Å². The monoisotopic (exact) mass is 364 g/mol. The summed E-state index contributed by atoms with van der Waals surface area (Å²) in [6.07, 6.45) is 9.63. The summed E-state index contributed by atoms with van der Waals surface area (Å²) in [4.78, 5) is 0. The Bertz CT molecular complexity index is 656. The van der Waals surface area contributed by atoms with Crippen LogP contribution < -0.4 is 10.0 Å². The predicted molar refractivity (Wildman–Crippen MR) is 103 cm³/mol. The minimum Gasteiger partial charge on any atom is -0.309 e. The Kier molecular flexibility index (Phi) is 5.86. The first-order valence-electron chi connectivity index (χ1n) is 9.70. The Morgan fingerprint density at radius 1 is 1.04 bits per heavy atom. The normalized spacial score (nSPS) is 22.9. The van der Waals surface area contributed by atoms with Gasteiger partial charge in [0.25, 0.3) is 0 Å². The number of nitrogens with one attached hydrogen (secondary N) is 2. The highest BCUT2D eigenvalue weighted by Gasteiger charge is 2.44. The van der Waals surface area contributed by atoms with E-state index in [2.05, 4.69) is 22.2 Å². The second-order valence-corrected chi connectivity index (χ2v) is 10.00. The van der Waals surface area contributed by atoms with Crippen molar-refractivity contribution in [3.63, 3.8) is 0 Å². The van der Waals surface area contributed by atoms with E-state index < -0.39 is 10.0 Å². The molecule has 3 rings (SSSR count). The Morgan fingerprint density at radius 3 is 2.28 bits per heavy atom. The van der Waals surface area contributed by atoms with Crippen LogP contribution in [-0.4, -0.2) is 20.5 Å². The Labute approximate surface area is 152 Å². The van der Waals surface area contributed by atoms with Gasteiger partial charge in [0.15, 0.2) is 0 Å². The molecule has 2 fully saturated rings. The largest absolute Gasteiger partial charge is 0.309 e. The van der Waals surface area contributed by atoms with Crippen LogP contribution in [0.2, 0.25) is 0 Å². The van der Waals surface area contributed by atoms with Crippen LogP contribution in [0.1, 0.15) is 69.9 Å². The van der Waals surface area contributed by atoms with Gasteiger partial charge in [0.2, 0.25) is 10.0 Å². The zero-order valence-corrected chi connectivity index (χ0v) is 16.4. The topological polar surface area (TPSA) is 58.2 Å². The van der Waals surface area contributed by atoms with Gasteiger partial charge >= 0.3 is 0 Å². The lowest BCUT2D eigenvalue weighted by Crippen LogP contribution is -2.39. The highest BCUT2D eigenvalue weighted by molar-refractivity contribution is 7.88. The van der Waals surface area contributed by atoms with Crippen LogP contribution in [0.3, 0.4) is 0 Å². The third kappa shape index (κ3) is 4.83. The average molecular weight is 365 g/mol. The van der Waals surface area contributed by atoms with Crippen LogP contribution in [0.15, 0.2) is 24.3 Å². The lowest BCUT2D eigenvalue weighted by Gasteiger charge is -2.32. The van der Waals surface area contributed by atoms with E-state index >= 15 is 0 Å². The van der Waals surface area contributed by atoms with Gasteiger partial charge in [-0.05, 0) is 56.1 Å². The van der Waals surface area contributed by atoms with Gasteiger partial charge in [-0.3, -0.25) is 0 Å². The molecule has 0 radical (unpaired) electrons. The standard InChI is InChI=1S/C20H32N2O2S/c1-16(2)22-25(23,24)15-18-9-7-17(8-10-18)14-21-19-6-5-13-20(19)11-3-4-12-20/h7-10,16,19,21-22H,3-6,11-15H2,1-2H3. The van der Waals surface area contributed by atoms with Crippen molar-refractivity contribution in [2.24, 2.45) is 5.41 Å². The Balaban J connectivity index is 1.54. The van der Waals surface area contributed by atoms with Gasteiger partial charge in [-0.15, -0.1) is 0 Å². The minimum absolute atomic E-state index is 0.0463. The zero-order valence-electron chi connectivity index (χ0n) is 15.6. The highest BCUT2D eigenvalue weighted by Crippen LogP contribution is 2.50. The maximum Gasteiger partial charge on any atom is 0.216 e. The molecule has 1 spiro atoms. The van der Waals surface area contributed by atoms with Crippen molar-refractivity contribution in [2.75, 3.05) is 0 Å². The number of sulfonamides is 1. The maximum absolute atomic E-state index is 12.0. The molecule has 0 amide bonds. The fourth-order valence-corrected chi connectivity index (χ4v) is 6.18. The Morgan fingerprint density at radius 2 is 1.64 bits per heavy atom. The Hall–Kier alpha value is -0.910. The van der Waals surface area contributed by atoms with E-state index in [1.165, 1.54) is 50.5 Å². The van der Waals surface area contributed by atoms with Gasteiger partial charge in [0.1, 0.15) is 0 Å². The fraction of sp³-hybridized carbons (Fsp3) is 0.700. The molecular weight excluding hydrogens is 332 g/mol. The van der Waals surface area contributed by atoms with Crippen molar-refractivity contribution in [1.82, 2.24) is 10.0 Å². The molecule has 0 aromatic heterocycles. The first kappa shape index (κ1) is 18.9. The summed E-state index contributed by atoms with van der Waals surface area (Å²) >= 11 is 0. The summed E-state index contributed by atoms with van der Waals surface area (Å²) in [7, 11) is -3.25. The summed E-state index contributed by atoms with van der Waals surface area (Å²) in [5.41, 5.74) is 2.64. The lowest BCUT2D eigenvalue weighted by atomic mass is 9.81. The zero-order chi connectivity index (χ0) is 17.9. The van der Waals surface area contributed by atoms with E-state index in [1.807, 2.05) is 26.0 Å². The van der Waals surface area contributed by atoms with E-state index in [-0.39, 0.29) is 11.8 Å². The SMILES string of the molecule is CC(C)NS(=O)(=O)Cc1ccc(CNC2CCCC23CCCC3)cc1. The molecule has 2 saturated carbocycles. The summed E-state index contributed by atoms with van der Waals surface area (Å²) in [5, 5.41) is 3.79. The first-order valence-corrected chi connectivity index (χ1v) is 11.4. The number of hydrogen-bond donors (Lipinski definition) is 2. The van der Waals surface area contributed by atoms with Gasteiger partial charge in [0, 0.05) is 18.6 Å². The van der Waals surface area contributed by atoms with Crippen molar-refractivity contribution >= 4 is 10.0 Å². The van der Waals surface area contributed by atoms with Crippen LogP contribution >= 0.6 is 0 Å². The van der Waals surface area contributed by atoms with Crippen molar-refractivity contribution in [3.05, 3.63) is 35.4 Å². The van der Waals surface area contributed by atoms with Crippen molar-refractivity contribution in [3.8, 4) is 0 Å². The van der Waals surface area contributed by atoms with E-state index in [1.54, 1.807) is 0 Å². The molecule has 0 bridgehead atoms. The van der Waals surface area contributed by atoms with Crippen LogP contribution in [0, 0.1) is 5.41 Å². The molecule has 25 heavy (non-hydrogen) atoms. The number of hydrogen-bond acceptors (Lipinski definition) is 3. The highest BCUT2D eigenvalue weighted by atomic mass is 32.2. The molecule has 1 aromatic carbocycles. The molecule has 2 N–H and O–H groups in total. The third-order valence-corrected chi connectivity index (χ3v) is 7.40. The predicted octanol–water partition coefficient (Wildman–Crippen LogP) is 3.72. The molecule has 1 aromatic rings. The quantitative estimate of drug-likeness (QED) is 0.775. The van der Waals surface area contributed by atoms with Crippen LogP contribution in [0.25, 0.3) is 0 Å². The third-order valence-electron chi connectivity index (χ3n) is 5.85. The van der Waals surface area contributed by atoms with Crippen LogP contribution in [0.4, 0.5) is 0 Å². The molecule has 140 valence electrons. The van der Waals surface area contributed by atoms with Crippen LogP contribution in [-0.2, 0) is 22.3 Å². The van der Waals surface area contributed by atoms with Gasteiger partial charge in [-0.25, -0.2) is 13.1 Å². The van der Waals surface area contributed by atoms with Gasteiger partial charge in [0.05, 0.1) is 5.75 Å². The smallest absolute Gasteiger partial charge is 0.216 e. The van der Waals surface area contributed by atoms with E-state index in [0.29, 0.717) is 11.5 Å². The van der Waals surface area contributed by atoms with E-state index in [4.69, 9.17) is 0 Å². The maximum atomic E-state index is 12.0. The van der Waals surface area contributed by atoms with Gasteiger partial charge in [-0.1, -0.05) is 43.5 Å². The molecule has 2 aliphatic carbocycles. The molecule has 2 aliphatic rings. The molecule has 5 heteroatoms.